The normalized spacial score (nSPS) is 26.7. The molecule has 114 valence electrons. The number of benzene rings is 1. The number of likely N-dealkylation sites (tertiary alicyclic amines) is 1. The first kappa shape index (κ1) is 14.4. The smallest absolute Gasteiger partial charge is 0.232 e. The molecule has 0 radical (unpaired) electrons. The molecule has 1 amide bonds. The Hall–Kier alpha value is -1.51. The topological polar surface area (TPSA) is 40.5 Å². The summed E-state index contributed by atoms with van der Waals surface area (Å²) in [6.45, 7) is 0.850. The van der Waals surface area contributed by atoms with Crippen LogP contribution in [0.25, 0.3) is 0 Å². The summed E-state index contributed by atoms with van der Waals surface area (Å²) >= 11 is 0. The van der Waals surface area contributed by atoms with E-state index in [0.717, 1.165) is 50.1 Å². The minimum Gasteiger partial charge on any atom is -0.508 e. The van der Waals surface area contributed by atoms with E-state index in [-0.39, 0.29) is 11.7 Å². The summed E-state index contributed by atoms with van der Waals surface area (Å²) in [5, 5.41) is 9.85. The maximum Gasteiger partial charge on any atom is 0.232 e. The standard InChI is InChI=1S/C18H25NO2/c1-19-12-3-2-10-18(17(19)21,11-9-14-7-8-14)15-5-4-6-16(20)13-15/h4-6,13-14,20H,2-3,7-12H2,1H3/t18-/m1/s1. The number of nitrogens with zero attached hydrogens (tertiary/aromatic N) is 1. The summed E-state index contributed by atoms with van der Waals surface area (Å²) in [7, 11) is 1.92. The van der Waals surface area contributed by atoms with Crippen molar-refractivity contribution in [3.8, 4) is 5.75 Å². The van der Waals surface area contributed by atoms with Crippen LogP contribution in [0.4, 0.5) is 0 Å². The Morgan fingerprint density at radius 2 is 2.14 bits per heavy atom. The van der Waals surface area contributed by atoms with Crippen molar-refractivity contribution in [3.63, 3.8) is 0 Å². The fraction of sp³-hybridized carbons (Fsp3) is 0.611. The Morgan fingerprint density at radius 3 is 2.86 bits per heavy atom. The largest absolute Gasteiger partial charge is 0.508 e. The number of phenols is 1. The molecule has 0 spiro atoms. The van der Waals surface area contributed by atoms with Gasteiger partial charge in [-0.3, -0.25) is 4.79 Å². The van der Waals surface area contributed by atoms with Gasteiger partial charge in [-0.25, -0.2) is 0 Å². The summed E-state index contributed by atoms with van der Waals surface area (Å²) in [5.41, 5.74) is 0.578. The second-order valence-electron chi connectivity index (χ2n) is 6.80. The van der Waals surface area contributed by atoms with Crippen LogP contribution in [-0.4, -0.2) is 29.5 Å². The van der Waals surface area contributed by atoms with Crippen LogP contribution in [0.5, 0.6) is 5.75 Å². The van der Waals surface area contributed by atoms with E-state index in [1.807, 2.05) is 24.1 Å². The molecule has 1 aromatic rings. The summed E-state index contributed by atoms with van der Waals surface area (Å²) < 4.78 is 0. The molecule has 0 aromatic heterocycles. The lowest BCUT2D eigenvalue weighted by Gasteiger charge is -2.34. The lowest BCUT2D eigenvalue weighted by Crippen LogP contribution is -2.44. The van der Waals surface area contributed by atoms with Gasteiger partial charge in [-0.05, 0) is 49.3 Å². The predicted molar refractivity (Wildman–Crippen MR) is 83.2 cm³/mol. The number of amides is 1. The van der Waals surface area contributed by atoms with Crippen LogP contribution in [0.2, 0.25) is 0 Å². The number of aromatic hydroxyl groups is 1. The first-order valence-corrected chi connectivity index (χ1v) is 8.17. The van der Waals surface area contributed by atoms with E-state index in [9.17, 15) is 9.90 Å². The van der Waals surface area contributed by atoms with Crippen LogP contribution in [0.1, 0.15) is 50.5 Å². The van der Waals surface area contributed by atoms with Crippen molar-refractivity contribution >= 4 is 5.91 Å². The van der Waals surface area contributed by atoms with Gasteiger partial charge in [0.1, 0.15) is 5.75 Å². The monoisotopic (exact) mass is 287 g/mol. The van der Waals surface area contributed by atoms with Gasteiger partial charge in [0, 0.05) is 13.6 Å². The summed E-state index contributed by atoms with van der Waals surface area (Å²) in [5.74, 6) is 1.32. The van der Waals surface area contributed by atoms with E-state index < -0.39 is 5.41 Å². The molecule has 2 aliphatic rings. The van der Waals surface area contributed by atoms with Crippen LogP contribution < -0.4 is 0 Å². The first-order valence-electron chi connectivity index (χ1n) is 8.17. The Balaban J connectivity index is 1.97. The number of hydrogen-bond acceptors (Lipinski definition) is 2. The van der Waals surface area contributed by atoms with Crippen LogP contribution in [0, 0.1) is 5.92 Å². The lowest BCUT2D eigenvalue weighted by atomic mass is 9.72. The van der Waals surface area contributed by atoms with E-state index in [4.69, 9.17) is 0 Å². The molecule has 1 saturated heterocycles. The molecule has 1 heterocycles. The molecule has 1 saturated carbocycles. The van der Waals surface area contributed by atoms with Crippen molar-refractivity contribution in [3.05, 3.63) is 29.8 Å². The van der Waals surface area contributed by atoms with Crippen molar-refractivity contribution in [2.75, 3.05) is 13.6 Å². The molecule has 1 aliphatic heterocycles. The molecule has 1 aromatic carbocycles. The van der Waals surface area contributed by atoms with Crippen molar-refractivity contribution in [1.82, 2.24) is 4.90 Å². The molecule has 1 N–H and O–H groups in total. The van der Waals surface area contributed by atoms with Gasteiger partial charge in [0.25, 0.3) is 0 Å². The second kappa shape index (κ2) is 5.70. The highest BCUT2D eigenvalue weighted by molar-refractivity contribution is 5.88. The van der Waals surface area contributed by atoms with Crippen molar-refractivity contribution in [2.45, 2.75) is 50.4 Å². The van der Waals surface area contributed by atoms with E-state index in [1.165, 1.54) is 12.8 Å². The molecular weight excluding hydrogens is 262 g/mol. The average Bonchev–Trinajstić information content (AvgIpc) is 3.30. The number of hydrogen-bond donors (Lipinski definition) is 1. The fourth-order valence-electron chi connectivity index (χ4n) is 3.65. The van der Waals surface area contributed by atoms with Gasteiger partial charge in [-0.2, -0.15) is 0 Å². The summed E-state index contributed by atoms with van der Waals surface area (Å²) in [6, 6.07) is 7.36. The zero-order chi connectivity index (χ0) is 14.9. The van der Waals surface area contributed by atoms with Crippen LogP contribution >= 0.6 is 0 Å². The highest BCUT2D eigenvalue weighted by atomic mass is 16.3. The Labute approximate surface area is 127 Å². The van der Waals surface area contributed by atoms with Gasteiger partial charge in [0.2, 0.25) is 5.91 Å². The summed E-state index contributed by atoms with van der Waals surface area (Å²) in [6.07, 6.45) is 7.76. The molecule has 2 fully saturated rings. The third-order valence-electron chi connectivity index (χ3n) is 5.18. The average molecular weight is 287 g/mol. The number of carbonyl (C=O) groups is 1. The molecule has 3 rings (SSSR count). The number of likely N-dealkylation sites (N-methyl/N-ethyl adjacent to an activating group) is 1. The Morgan fingerprint density at radius 1 is 1.33 bits per heavy atom. The van der Waals surface area contributed by atoms with Gasteiger partial charge in [0.05, 0.1) is 5.41 Å². The predicted octanol–water partition coefficient (Wildman–Crippen LogP) is 3.46. The maximum atomic E-state index is 13.1. The number of carbonyl (C=O) groups excluding carboxylic acids is 1. The molecule has 0 unspecified atom stereocenters. The maximum absolute atomic E-state index is 13.1. The zero-order valence-corrected chi connectivity index (χ0v) is 12.8. The minimum atomic E-state index is -0.424. The highest BCUT2D eigenvalue weighted by Gasteiger charge is 2.43. The summed E-state index contributed by atoms with van der Waals surface area (Å²) in [4.78, 5) is 14.9. The SMILES string of the molecule is CN1CCCC[C@@](CCC2CC2)(c2cccc(O)c2)C1=O. The molecule has 1 aliphatic carbocycles. The van der Waals surface area contributed by atoms with Crippen LogP contribution in [-0.2, 0) is 10.2 Å². The second-order valence-corrected chi connectivity index (χ2v) is 6.80. The number of phenolic OH excluding ortho intramolecular Hbond substituents is 1. The highest BCUT2D eigenvalue weighted by Crippen LogP contribution is 2.43. The van der Waals surface area contributed by atoms with Gasteiger partial charge in [-0.15, -0.1) is 0 Å². The van der Waals surface area contributed by atoms with Gasteiger partial charge in [-0.1, -0.05) is 31.4 Å². The Bertz CT molecular complexity index is 524. The number of rotatable bonds is 4. The van der Waals surface area contributed by atoms with Crippen LogP contribution in [0.15, 0.2) is 24.3 Å². The van der Waals surface area contributed by atoms with Gasteiger partial charge in [0.15, 0.2) is 0 Å². The third-order valence-corrected chi connectivity index (χ3v) is 5.18. The van der Waals surface area contributed by atoms with Crippen molar-refractivity contribution in [2.24, 2.45) is 5.92 Å². The van der Waals surface area contributed by atoms with Crippen molar-refractivity contribution in [1.29, 1.82) is 0 Å². The quantitative estimate of drug-likeness (QED) is 0.921. The Kier molecular flexibility index (Phi) is 3.92. The molecule has 21 heavy (non-hydrogen) atoms. The fourth-order valence-corrected chi connectivity index (χ4v) is 3.65. The zero-order valence-electron chi connectivity index (χ0n) is 12.8. The molecule has 3 heteroatoms. The van der Waals surface area contributed by atoms with E-state index in [2.05, 4.69) is 0 Å². The van der Waals surface area contributed by atoms with E-state index in [0.29, 0.717) is 0 Å². The van der Waals surface area contributed by atoms with Gasteiger partial charge >= 0.3 is 0 Å². The van der Waals surface area contributed by atoms with Gasteiger partial charge < -0.3 is 10.0 Å². The molecule has 3 nitrogen and oxygen atoms in total. The van der Waals surface area contributed by atoms with Crippen molar-refractivity contribution < 1.29 is 9.90 Å². The first-order chi connectivity index (χ1) is 10.1. The molecular formula is C18H25NO2. The third kappa shape index (κ3) is 2.92. The van der Waals surface area contributed by atoms with Crippen LogP contribution in [0.3, 0.4) is 0 Å². The molecule has 0 bridgehead atoms. The van der Waals surface area contributed by atoms with E-state index >= 15 is 0 Å². The van der Waals surface area contributed by atoms with E-state index in [1.54, 1.807) is 12.1 Å². The molecule has 1 atom stereocenters. The lowest BCUT2D eigenvalue weighted by molar-refractivity contribution is -0.136. The minimum absolute atomic E-state index is 0.242.